The summed E-state index contributed by atoms with van der Waals surface area (Å²) < 4.78 is 5.91. The Morgan fingerprint density at radius 2 is 1.91 bits per heavy atom. The van der Waals surface area contributed by atoms with Crippen LogP contribution in [0.2, 0.25) is 0 Å². The monoisotopic (exact) mass is 449 g/mol. The van der Waals surface area contributed by atoms with Crippen LogP contribution in [0, 0.1) is 6.92 Å². The molecule has 1 aliphatic heterocycles. The van der Waals surface area contributed by atoms with Crippen LogP contribution in [0.5, 0.6) is 5.75 Å². The van der Waals surface area contributed by atoms with Crippen molar-refractivity contribution < 1.29 is 14.3 Å². The Balaban J connectivity index is 1.48. The zero-order chi connectivity index (χ0) is 22.7. The maximum absolute atomic E-state index is 13.0. The van der Waals surface area contributed by atoms with Crippen LogP contribution < -0.4 is 20.7 Å². The lowest BCUT2D eigenvalue weighted by Crippen LogP contribution is -2.50. The molecule has 1 aliphatic rings. The molecule has 0 radical (unpaired) electrons. The summed E-state index contributed by atoms with van der Waals surface area (Å²) >= 11 is 1.45. The molecule has 1 fully saturated rings. The van der Waals surface area contributed by atoms with Crippen molar-refractivity contribution in [2.45, 2.75) is 26.0 Å². The van der Waals surface area contributed by atoms with Gasteiger partial charge in [0.1, 0.15) is 11.9 Å². The van der Waals surface area contributed by atoms with E-state index in [2.05, 4.69) is 22.0 Å². The van der Waals surface area contributed by atoms with Crippen LogP contribution in [-0.2, 0) is 0 Å². The standard InChI is InChI=1S/C25H27N3O3S/c1-15-7-8-19(31-20-13-27-14-20)12-21(15)24(29)28-16(2)17-5-4-6-18(11-17)22-9-10-23(32-22)25(30)26-3/h4-12,16,20,27H,13-14H2,1-3H3,(H,26,30)(H,28,29)/t16-/m1/s1. The minimum atomic E-state index is -0.180. The van der Waals surface area contributed by atoms with E-state index >= 15 is 0 Å². The van der Waals surface area contributed by atoms with Crippen molar-refractivity contribution in [3.05, 3.63) is 76.2 Å². The number of amides is 2. The molecular weight excluding hydrogens is 422 g/mol. The second-order valence-corrected chi connectivity index (χ2v) is 9.02. The number of aryl methyl sites for hydroxylation is 1. The third kappa shape index (κ3) is 4.84. The maximum Gasteiger partial charge on any atom is 0.261 e. The predicted octanol–water partition coefficient (Wildman–Crippen LogP) is 3.92. The Hall–Kier alpha value is -3.16. The van der Waals surface area contributed by atoms with E-state index in [0.29, 0.717) is 16.2 Å². The van der Waals surface area contributed by atoms with E-state index in [0.717, 1.165) is 34.7 Å². The largest absolute Gasteiger partial charge is 0.488 e. The number of hydrogen-bond acceptors (Lipinski definition) is 5. The molecule has 0 aliphatic carbocycles. The Morgan fingerprint density at radius 3 is 2.62 bits per heavy atom. The van der Waals surface area contributed by atoms with Gasteiger partial charge in [-0.05, 0) is 60.9 Å². The van der Waals surface area contributed by atoms with E-state index in [1.165, 1.54) is 11.3 Å². The molecule has 1 saturated heterocycles. The molecule has 166 valence electrons. The molecule has 0 unspecified atom stereocenters. The minimum absolute atomic E-state index is 0.0896. The van der Waals surface area contributed by atoms with E-state index in [4.69, 9.17) is 4.74 Å². The first kappa shape index (κ1) is 22.0. The van der Waals surface area contributed by atoms with Crippen LogP contribution in [0.3, 0.4) is 0 Å². The topological polar surface area (TPSA) is 79.5 Å². The lowest BCUT2D eigenvalue weighted by Gasteiger charge is -2.28. The molecule has 2 aromatic carbocycles. The van der Waals surface area contributed by atoms with Crippen LogP contribution in [0.15, 0.2) is 54.6 Å². The van der Waals surface area contributed by atoms with Gasteiger partial charge in [0.25, 0.3) is 11.8 Å². The Bertz CT molecular complexity index is 1140. The van der Waals surface area contributed by atoms with Gasteiger partial charge in [-0.1, -0.05) is 24.3 Å². The molecule has 6 nitrogen and oxygen atoms in total. The minimum Gasteiger partial charge on any atom is -0.488 e. The average molecular weight is 450 g/mol. The lowest BCUT2D eigenvalue weighted by molar-refractivity contribution is 0.0935. The summed E-state index contributed by atoms with van der Waals surface area (Å²) in [5.74, 6) is 0.496. The van der Waals surface area contributed by atoms with Crippen LogP contribution in [-0.4, -0.2) is 38.1 Å². The second-order valence-electron chi connectivity index (χ2n) is 7.94. The summed E-state index contributed by atoms with van der Waals surface area (Å²) in [5.41, 5.74) is 3.54. The summed E-state index contributed by atoms with van der Waals surface area (Å²) in [5, 5.41) is 8.93. The third-order valence-corrected chi connectivity index (χ3v) is 6.71. The Kier molecular flexibility index (Phi) is 6.58. The SMILES string of the molecule is CNC(=O)c1ccc(-c2cccc([C@@H](C)NC(=O)c3cc(OC4CNC4)ccc3C)c2)s1. The van der Waals surface area contributed by atoms with Crippen LogP contribution in [0.4, 0.5) is 0 Å². The molecule has 0 spiro atoms. The highest BCUT2D eigenvalue weighted by atomic mass is 32.1. The Morgan fingerprint density at radius 1 is 1.09 bits per heavy atom. The fraction of sp³-hybridized carbons (Fsp3) is 0.280. The van der Waals surface area contributed by atoms with Gasteiger partial charge in [-0.2, -0.15) is 0 Å². The lowest BCUT2D eigenvalue weighted by atomic mass is 10.0. The molecule has 7 heteroatoms. The molecule has 4 rings (SSSR count). The molecule has 0 saturated carbocycles. The van der Waals surface area contributed by atoms with Gasteiger partial charge in [-0.25, -0.2) is 0 Å². The van der Waals surface area contributed by atoms with Crippen molar-refractivity contribution in [3.8, 4) is 16.2 Å². The normalized spacial score (nSPS) is 14.3. The predicted molar refractivity (Wildman–Crippen MR) is 127 cm³/mol. The quantitative estimate of drug-likeness (QED) is 0.511. The summed E-state index contributed by atoms with van der Waals surface area (Å²) in [6.45, 7) is 5.56. The summed E-state index contributed by atoms with van der Waals surface area (Å²) in [7, 11) is 1.63. The molecule has 3 aromatic rings. The first-order valence-corrected chi connectivity index (χ1v) is 11.5. The molecule has 1 aromatic heterocycles. The van der Waals surface area contributed by atoms with Gasteiger partial charge in [0.05, 0.1) is 10.9 Å². The average Bonchev–Trinajstić information content (AvgIpc) is 3.27. The van der Waals surface area contributed by atoms with E-state index < -0.39 is 0 Å². The number of benzene rings is 2. The summed E-state index contributed by atoms with van der Waals surface area (Å²) in [6.07, 6.45) is 0.163. The fourth-order valence-electron chi connectivity index (χ4n) is 3.51. The van der Waals surface area contributed by atoms with Crippen molar-refractivity contribution >= 4 is 23.2 Å². The molecule has 3 N–H and O–H groups in total. The number of hydrogen-bond donors (Lipinski definition) is 3. The molecule has 32 heavy (non-hydrogen) atoms. The van der Waals surface area contributed by atoms with Gasteiger partial charge in [0.15, 0.2) is 0 Å². The van der Waals surface area contributed by atoms with Crippen molar-refractivity contribution in [2.24, 2.45) is 0 Å². The van der Waals surface area contributed by atoms with Gasteiger partial charge < -0.3 is 20.7 Å². The summed E-state index contributed by atoms with van der Waals surface area (Å²) in [6, 6.07) is 17.3. The zero-order valence-electron chi connectivity index (χ0n) is 18.4. The van der Waals surface area contributed by atoms with Crippen LogP contribution >= 0.6 is 11.3 Å². The van der Waals surface area contributed by atoms with Crippen molar-refractivity contribution in [3.63, 3.8) is 0 Å². The van der Waals surface area contributed by atoms with Crippen molar-refractivity contribution in [2.75, 3.05) is 20.1 Å². The molecule has 2 amide bonds. The fourth-order valence-corrected chi connectivity index (χ4v) is 4.46. The maximum atomic E-state index is 13.0. The van der Waals surface area contributed by atoms with Crippen molar-refractivity contribution in [1.29, 1.82) is 0 Å². The van der Waals surface area contributed by atoms with Gasteiger partial charge in [0, 0.05) is 30.6 Å². The van der Waals surface area contributed by atoms with E-state index in [9.17, 15) is 9.59 Å². The number of thiophene rings is 1. The Labute approximate surface area is 192 Å². The zero-order valence-corrected chi connectivity index (χ0v) is 19.2. The molecule has 1 atom stereocenters. The molecule has 2 heterocycles. The first-order chi connectivity index (χ1) is 15.4. The summed E-state index contributed by atoms with van der Waals surface area (Å²) in [4.78, 5) is 26.6. The van der Waals surface area contributed by atoms with Gasteiger partial charge in [0.2, 0.25) is 0 Å². The van der Waals surface area contributed by atoms with Gasteiger partial charge >= 0.3 is 0 Å². The van der Waals surface area contributed by atoms with E-state index in [1.807, 2.05) is 62.4 Å². The molecular formula is C25H27N3O3S. The highest BCUT2D eigenvalue weighted by molar-refractivity contribution is 7.17. The number of rotatable bonds is 7. The number of carbonyl (C=O) groups is 2. The highest BCUT2D eigenvalue weighted by Crippen LogP contribution is 2.30. The van der Waals surface area contributed by atoms with Crippen molar-refractivity contribution in [1.82, 2.24) is 16.0 Å². The van der Waals surface area contributed by atoms with E-state index in [1.54, 1.807) is 7.05 Å². The highest BCUT2D eigenvalue weighted by Gasteiger charge is 2.20. The number of nitrogens with one attached hydrogen (secondary N) is 3. The van der Waals surface area contributed by atoms with Crippen LogP contribution in [0.25, 0.3) is 10.4 Å². The smallest absolute Gasteiger partial charge is 0.261 e. The number of carbonyl (C=O) groups excluding carboxylic acids is 2. The second kappa shape index (κ2) is 9.54. The first-order valence-electron chi connectivity index (χ1n) is 10.7. The van der Waals surface area contributed by atoms with Gasteiger partial charge in [-0.3, -0.25) is 9.59 Å². The van der Waals surface area contributed by atoms with Crippen LogP contribution in [0.1, 0.15) is 44.1 Å². The van der Waals surface area contributed by atoms with Gasteiger partial charge in [-0.15, -0.1) is 11.3 Å². The van der Waals surface area contributed by atoms with E-state index in [-0.39, 0.29) is 24.0 Å². The third-order valence-electron chi connectivity index (χ3n) is 5.58. The molecule has 0 bridgehead atoms. The number of ether oxygens (including phenoxy) is 1.